The van der Waals surface area contributed by atoms with Gasteiger partial charge < -0.3 is 11.1 Å². The van der Waals surface area contributed by atoms with Crippen LogP contribution in [0.5, 0.6) is 0 Å². The van der Waals surface area contributed by atoms with E-state index in [9.17, 15) is 14.4 Å². The van der Waals surface area contributed by atoms with Gasteiger partial charge in [0.2, 0.25) is 5.91 Å². The van der Waals surface area contributed by atoms with E-state index in [0.717, 1.165) is 5.56 Å². The number of hydrogen-bond acceptors (Lipinski definition) is 4. The third-order valence-electron chi connectivity index (χ3n) is 4.76. The van der Waals surface area contributed by atoms with Gasteiger partial charge in [0.15, 0.2) is 0 Å². The predicted molar refractivity (Wildman–Crippen MR) is 87.8 cm³/mol. The maximum atomic E-state index is 12.8. The molecule has 2 heterocycles. The number of carbonyl (C=O) groups excluding carboxylic acids is 3. The maximum absolute atomic E-state index is 12.8. The molecule has 1 aromatic carbocycles. The first kappa shape index (κ1) is 16.4. The van der Waals surface area contributed by atoms with Gasteiger partial charge >= 0.3 is 6.03 Å². The number of nitrogens with zero attached hydrogens (tertiary/aromatic N) is 2. The molecular formula is C17H22N4O3. The molecule has 2 atom stereocenters. The largest absolute Gasteiger partial charge is 0.368 e. The lowest BCUT2D eigenvalue weighted by Gasteiger charge is -2.27. The number of nitrogens with one attached hydrogen (secondary N) is 1. The minimum atomic E-state index is -0.955. The normalized spacial score (nSPS) is 25.5. The minimum Gasteiger partial charge on any atom is -0.368 e. The van der Waals surface area contributed by atoms with Crippen LogP contribution in [0.2, 0.25) is 0 Å². The van der Waals surface area contributed by atoms with Gasteiger partial charge in [0.1, 0.15) is 11.6 Å². The van der Waals surface area contributed by atoms with Crippen LogP contribution in [-0.2, 0) is 9.59 Å². The standard InChI is InChI=1S/C17H22N4O3/c1-11(2)21-15(23)17(19-16(21)24)8-9-20(10-17)13(14(18)22)12-6-4-3-5-7-12/h3-7,11,13H,8-10H2,1-2H3,(H2,18,22)(H,19,24). The van der Waals surface area contributed by atoms with E-state index >= 15 is 0 Å². The molecule has 2 unspecified atom stereocenters. The summed E-state index contributed by atoms with van der Waals surface area (Å²) in [6, 6.07) is 8.07. The van der Waals surface area contributed by atoms with Gasteiger partial charge in [-0.2, -0.15) is 0 Å². The van der Waals surface area contributed by atoms with Crippen molar-refractivity contribution in [3.63, 3.8) is 0 Å². The van der Waals surface area contributed by atoms with Gasteiger partial charge in [0, 0.05) is 19.1 Å². The van der Waals surface area contributed by atoms with Crippen molar-refractivity contribution in [2.45, 2.75) is 37.9 Å². The Morgan fingerprint density at radius 3 is 2.46 bits per heavy atom. The van der Waals surface area contributed by atoms with Crippen molar-refractivity contribution < 1.29 is 14.4 Å². The average molecular weight is 330 g/mol. The zero-order valence-electron chi connectivity index (χ0n) is 13.9. The smallest absolute Gasteiger partial charge is 0.325 e. The molecule has 2 aliphatic heterocycles. The van der Waals surface area contributed by atoms with Gasteiger partial charge in [0.25, 0.3) is 5.91 Å². The summed E-state index contributed by atoms with van der Waals surface area (Å²) in [6.07, 6.45) is 0.470. The van der Waals surface area contributed by atoms with Crippen LogP contribution in [0, 0.1) is 0 Å². The van der Waals surface area contributed by atoms with Crippen molar-refractivity contribution in [3.8, 4) is 0 Å². The Hall–Kier alpha value is -2.41. The molecule has 7 nitrogen and oxygen atoms in total. The molecule has 0 aliphatic carbocycles. The molecule has 7 heteroatoms. The number of urea groups is 1. The lowest BCUT2D eigenvalue weighted by Crippen LogP contribution is -2.50. The molecule has 2 aliphatic rings. The highest BCUT2D eigenvalue weighted by atomic mass is 16.2. The molecule has 0 radical (unpaired) electrons. The van der Waals surface area contributed by atoms with E-state index in [1.807, 2.05) is 35.2 Å². The summed E-state index contributed by atoms with van der Waals surface area (Å²) in [7, 11) is 0. The van der Waals surface area contributed by atoms with E-state index < -0.39 is 17.5 Å². The SMILES string of the molecule is CC(C)N1C(=O)NC2(CCN(C(C(N)=O)c3ccccc3)C2)C1=O. The fourth-order valence-corrected chi connectivity index (χ4v) is 3.64. The molecule has 128 valence electrons. The summed E-state index contributed by atoms with van der Waals surface area (Å²) in [6.45, 7) is 4.41. The van der Waals surface area contributed by atoms with Gasteiger partial charge in [-0.1, -0.05) is 30.3 Å². The summed E-state index contributed by atoms with van der Waals surface area (Å²) in [5, 5.41) is 2.83. The van der Waals surface area contributed by atoms with Crippen molar-refractivity contribution in [2.24, 2.45) is 5.73 Å². The lowest BCUT2D eigenvalue weighted by atomic mass is 9.98. The van der Waals surface area contributed by atoms with E-state index in [1.165, 1.54) is 4.90 Å². The van der Waals surface area contributed by atoms with E-state index in [0.29, 0.717) is 13.0 Å². The van der Waals surface area contributed by atoms with Crippen LogP contribution in [0.1, 0.15) is 31.9 Å². The fourth-order valence-electron chi connectivity index (χ4n) is 3.64. The number of likely N-dealkylation sites (tertiary alicyclic amines) is 1. The zero-order chi connectivity index (χ0) is 17.5. The van der Waals surface area contributed by atoms with Crippen molar-refractivity contribution >= 4 is 17.8 Å². The lowest BCUT2D eigenvalue weighted by molar-refractivity contribution is -0.132. The molecule has 1 aromatic rings. The summed E-state index contributed by atoms with van der Waals surface area (Å²) >= 11 is 0. The Kier molecular flexibility index (Phi) is 4.04. The van der Waals surface area contributed by atoms with Crippen LogP contribution in [0.15, 0.2) is 30.3 Å². The van der Waals surface area contributed by atoms with Gasteiger partial charge in [-0.05, 0) is 25.8 Å². The number of carbonyl (C=O) groups is 3. The summed E-state index contributed by atoms with van der Waals surface area (Å²) in [4.78, 5) is 40.0. The first-order valence-electron chi connectivity index (χ1n) is 8.10. The zero-order valence-corrected chi connectivity index (χ0v) is 13.9. The molecule has 3 N–H and O–H groups in total. The van der Waals surface area contributed by atoms with Crippen molar-refractivity contribution in [1.82, 2.24) is 15.1 Å². The Morgan fingerprint density at radius 1 is 1.25 bits per heavy atom. The monoisotopic (exact) mass is 330 g/mol. The highest BCUT2D eigenvalue weighted by molar-refractivity contribution is 6.07. The van der Waals surface area contributed by atoms with Gasteiger partial charge in [-0.25, -0.2) is 4.79 Å². The average Bonchev–Trinajstić information content (AvgIpc) is 3.02. The molecule has 2 fully saturated rings. The highest BCUT2D eigenvalue weighted by Gasteiger charge is 2.56. The number of benzene rings is 1. The van der Waals surface area contributed by atoms with Crippen molar-refractivity contribution in [2.75, 3.05) is 13.1 Å². The molecule has 2 saturated heterocycles. The van der Waals surface area contributed by atoms with E-state index in [2.05, 4.69) is 5.32 Å². The van der Waals surface area contributed by atoms with E-state index in [-0.39, 0.29) is 24.5 Å². The number of primary amides is 1. The molecule has 4 amide bonds. The third-order valence-corrected chi connectivity index (χ3v) is 4.76. The molecule has 24 heavy (non-hydrogen) atoms. The van der Waals surface area contributed by atoms with Gasteiger partial charge in [0.05, 0.1) is 0 Å². The second-order valence-electron chi connectivity index (χ2n) is 6.72. The van der Waals surface area contributed by atoms with Crippen LogP contribution < -0.4 is 11.1 Å². The molecular weight excluding hydrogens is 308 g/mol. The summed E-state index contributed by atoms with van der Waals surface area (Å²) in [5.41, 5.74) is 5.45. The quantitative estimate of drug-likeness (QED) is 0.791. The van der Waals surface area contributed by atoms with Crippen molar-refractivity contribution in [1.29, 1.82) is 0 Å². The molecule has 3 rings (SSSR count). The Labute approximate surface area is 140 Å². The Balaban J connectivity index is 1.86. The Morgan fingerprint density at radius 2 is 1.92 bits per heavy atom. The summed E-state index contributed by atoms with van der Waals surface area (Å²) in [5.74, 6) is -0.683. The predicted octanol–water partition coefficient (Wildman–Crippen LogP) is 0.618. The molecule has 0 aromatic heterocycles. The molecule has 1 spiro atoms. The number of nitrogens with two attached hydrogens (primary N) is 1. The first-order valence-corrected chi connectivity index (χ1v) is 8.10. The maximum Gasteiger partial charge on any atom is 0.325 e. The third kappa shape index (κ3) is 2.54. The summed E-state index contributed by atoms with van der Waals surface area (Å²) < 4.78 is 0. The minimum absolute atomic E-state index is 0.202. The highest BCUT2D eigenvalue weighted by Crippen LogP contribution is 2.34. The topological polar surface area (TPSA) is 95.7 Å². The molecule has 0 saturated carbocycles. The second kappa shape index (κ2) is 5.90. The van der Waals surface area contributed by atoms with E-state index in [4.69, 9.17) is 5.73 Å². The van der Waals surface area contributed by atoms with Gasteiger partial charge in [-0.15, -0.1) is 0 Å². The van der Waals surface area contributed by atoms with Crippen molar-refractivity contribution in [3.05, 3.63) is 35.9 Å². The van der Waals surface area contributed by atoms with E-state index in [1.54, 1.807) is 13.8 Å². The number of rotatable bonds is 4. The Bertz CT molecular complexity index is 676. The number of imide groups is 1. The number of hydrogen-bond donors (Lipinski definition) is 2. The number of amides is 4. The van der Waals surface area contributed by atoms with Crippen LogP contribution in [0.4, 0.5) is 4.79 Å². The van der Waals surface area contributed by atoms with Crippen LogP contribution >= 0.6 is 0 Å². The van der Waals surface area contributed by atoms with Crippen LogP contribution in [-0.4, -0.2) is 52.3 Å². The van der Waals surface area contributed by atoms with Gasteiger partial charge in [-0.3, -0.25) is 19.4 Å². The second-order valence-corrected chi connectivity index (χ2v) is 6.72. The van der Waals surface area contributed by atoms with Crippen LogP contribution in [0.3, 0.4) is 0 Å². The first-order chi connectivity index (χ1) is 11.4. The fraction of sp³-hybridized carbons (Fsp3) is 0.471. The van der Waals surface area contributed by atoms with Crippen LogP contribution in [0.25, 0.3) is 0 Å². The molecule has 0 bridgehead atoms.